The lowest BCUT2D eigenvalue weighted by molar-refractivity contribution is 0.121. The van der Waals surface area contributed by atoms with Crippen LogP contribution in [0, 0.1) is 0 Å². The smallest absolute Gasteiger partial charge is 0.0802 e. The van der Waals surface area contributed by atoms with Crippen LogP contribution in [0.25, 0.3) is 0 Å². The first-order valence-corrected chi connectivity index (χ1v) is 7.64. The third-order valence-electron chi connectivity index (χ3n) is 3.58. The van der Waals surface area contributed by atoms with Crippen LogP contribution in [-0.4, -0.2) is 54.7 Å². The van der Waals surface area contributed by atoms with E-state index in [-0.39, 0.29) is 0 Å². The average molecular weight is 299 g/mol. The molecule has 0 aliphatic heterocycles. The van der Waals surface area contributed by atoms with Crippen molar-refractivity contribution >= 4 is 11.6 Å². The zero-order valence-corrected chi connectivity index (χ0v) is 13.8. The highest BCUT2D eigenvalue weighted by Gasteiger charge is 2.15. The minimum Gasteiger partial charge on any atom is -0.388 e. The quantitative estimate of drug-likeness (QED) is 0.799. The summed E-state index contributed by atoms with van der Waals surface area (Å²) in [6.45, 7) is 7.31. The van der Waals surface area contributed by atoms with Crippen LogP contribution in [0.2, 0.25) is 5.02 Å². The highest BCUT2D eigenvalue weighted by molar-refractivity contribution is 6.30. The lowest BCUT2D eigenvalue weighted by Gasteiger charge is -2.30. The Hall–Kier alpha value is -0.610. The van der Waals surface area contributed by atoms with Crippen LogP contribution >= 0.6 is 11.6 Å². The van der Waals surface area contributed by atoms with Crippen LogP contribution < -0.4 is 0 Å². The molecule has 1 aromatic rings. The minimum absolute atomic E-state index is 0.450. The van der Waals surface area contributed by atoms with Gasteiger partial charge in [0.1, 0.15) is 0 Å². The fourth-order valence-electron chi connectivity index (χ4n) is 2.50. The maximum atomic E-state index is 10.3. The summed E-state index contributed by atoms with van der Waals surface area (Å²) in [7, 11) is 4.18. The molecule has 0 radical (unpaired) electrons. The Morgan fingerprint density at radius 1 is 1.30 bits per heavy atom. The molecule has 2 atom stereocenters. The Kier molecular flexibility index (Phi) is 7.52. The van der Waals surface area contributed by atoms with E-state index < -0.39 is 6.10 Å². The Balaban J connectivity index is 2.51. The van der Waals surface area contributed by atoms with Crippen molar-refractivity contribution in [3.8, 4) is 0 Å². The van der Waals surface area contributed by atoms with E-state index in [4.69, 9.17) is 11.6 Å². The molecule has 0 heterocycles. The summed E-state index contributed by atoms with van der Waals surface area (Å²) in [4.78, 5) is 4.59. The molecule has 1 N–H and O–H groups in total. The highest BCUT2D eigenvalue weighted by Crippen LogP contribution is 2.20. The van der Waals surface area contributed by atoms with E-state index in [1.54, 1.807) is 0 Å². The molecule has 0 saturated heterocycles. The van der Waals surface area contributed by atoms with Gasteiger partial charge in [0.2, 0.25) is 0 Å². The maximum absolute atomic E-state index is 10.3. The monoisotopic (exact) mass is 298 g/mol. The van der Waals surface area contributed by atoms with Crippen LogP contribution in [0.3, 0.4) is 0 Å². The number of hydrogen-bond donors (Lipinski definition) is 1. The molecule has 1 rings (SSSR count). The summed E-state index contributed by atoms with van der Waals surface area (Å²) < 4.78 is 0. The summed E-state index contributed by atoms with van der Waals surface area (Å²) in [5.74, 6) is 0. The predicted octanol–water partition coefficient (Wildman–Crippen LogP) is 3.04. The van der Waals surface area contributed by atoms with Crippen molar-refractivity contribution in [1.29, 1.82) is 0 Å². The van der Waals surface area contributed by atoms with Gasteiger partial charge in [-0.2, -0.15) is 0 Å². The molecule has 0 bridgehead atoms. The van der Waals surface area contributed by atoms with Gasteiger partial charge >= 0.3 is 0 Å². The molecule has 0 aliphatic carbocycles. The maximum Gasteiger partial charge on any atom is 0.0802 e. The van der Waals surface area contributed by atoms with Crippen LogP contribution in [0.15, 0.2) is 24.3 Å². The van der Waals surface area contributed by atoms with Crippen molar-refractivity contribution in [1.82, 2.24) is 9.80 Å². The number of likely N-dealkylation sites (N-methyl/N-ethyl adjacent to an activating group) is 2. The van der Waals surface area contributed by atoms with Gasteiger partial charge in [0, 0.05) is 24.2 Å². The molecule has 114 valence electrons. The summed E-state index contributed by atoms with van der Waals surface area (Å²) in [5.41, 5.74) is 0.897. The molecule has 1 aromatic carbocycles. The number of halogens is 1. The van der Waals surface area contributed by atoms with E-state index in [2.05, 4.69) is 37.7 Å². The van der Waals surface area contributed by atoms with Crippen molar-refractivity contribution < 1.29 is 5.11 Å². The van der Waals surface area contributed by atoms with Gasteiger partial charge < -0.3 is 10.0 Å². The fraction of sp³-hybridized carbons (Fsp3) is 0.625. The van der Waals surface area contributed by atoms with Gasteiger partial charge in [-0.25, -0.2) is 0 Å². The number of nitrogens with zero attached hydrogens (tertiary/aromatic N) is 2. The standard InChI is InChI=1S/C16H27ClN2O/c1-5-19(13(2)12-18(3)4)10-9-16(20)14-7-6-8-15(17)11-14/h6-8,11,13,16,20H,5,9-10,12H2,1-4H3. The third kappa shape index (κ3) is 5.80. The van der Waals surface area contributed by atoms with Gasteiger partial charge in [-0.15, -0.1) is 0 Å². The number of aliphatic hydroxyl groups excluding tert-OH is 1. The number of rotatable bonds is 8. The first-order valence-electron chi connectivity index (χ1n) is 7.26. The molecule has 0 aliphatic rings. The lowest BCUT2D eigenvalue weighted by atomic mass is 10.1. The van der Waals surface area contributed by atoms with Crippen LogP contribution in [0.1, 0.15) is 31.9 Å². The first kappa shape index (κ1) is 17.4. The normalized spacial score (nSPS) is 14.8. The summed E-state index contributed by atoms with van der Waals surface area (Å²) in [6.07, 6.45) is 0.278. The number of benzene rings is 1. The predicted molar refractivity (Wildman–Crippen MR) is 86.3 cm³/mol. The van der Waals surface area contributed by atoms with Crippen molar-refractivity contribution in [2.75, 3.05) is 33.7 Å². The fourth-order valence-corrected chi connectivity index (χ4v) is 2.70. The molecule has 20 heavy (non-hydrogen) atoms. The van der Waals surface area contributed by atoms with Crippen LogP contribution in [-0.2, 0) is 0 Å². The van der Waals surface area contributed by atoms with E-state index in [0.717, 1.165) is 31.6 Å². The van der Waals surface area contributed by atoms with Crippen LogP contribution in [0.4, 0.5) is 0 Å². The summed E-state index contributed by atoms with van der Waals surface area (Å²) in [6, 6.07) is 7.96. The van der Waals surface area contributed by atoms with Crippen molar-refractivity contribution in [2.45, 2.75) is 32.4 Å². The lowest BCUT2D eigenvalue weighted by Crippen LogP contribution is -2.40. The van der Waals surface area contributed by atoms with Gasteiger partial charge in [-0.1, -0.05) is 30.7 Å². The van der Waals surface area contributed by atoms with Gasteiger partial charge in [-0.3, -0.25) is 4.90 Å². The zero-order chi connectivity index (χ0) is 15.1. The van der Waals surface area contributed by atoms with E-state index in [1.807, 2.05) is 24.3 Å². The molecular formula is C16H27ClN2O. The molecule has 0 amide bonds. The Morgan fingerprint density at radius 3 is 2.55 bits per heavy atom. The molecule has 0 aromatic heterocycles. The van der Waals surface area contributed by atoms with E-state index in [0.29, 0.717) is 11.1 Å². The Labute approximate surface area is 128 Å². The summed E-state index contributed by atoms with van der Waals surface area (Å²) >= 11 is 5.96. The Morgan fingerprint density at radius 2 is 2.00 bits per heavy atom. The van der Waals surface area contributed by atoms with E-state index in [1.165, 1.54) is 0 Å². The number of hydrogen-bond acceptors (Lipinski definition) is 3. The van der Waals surface area contributed by atoms with Crippen LogP contribution in [0.5, 0.6) is 0 Å². The molecular weight excluding hydrogens is 272 g/mol. The molecule has 0 saturated carbocycles. The van der Waals surface area contributed by atoms with Gasteiger partial charge in [0.05, 0.1) is 6.10 Å². The molecule has 4 heteroatoms. The second-order valence-corrected chi connectivity index (χ2v) is 6.04. The number of aliphatic hydroxyl groups is 1. The third-order valence-corrected chi connectivity index (χ3v) is 3.82. The van der Waals surface area contributed by atoms with Crippen molar-refractivity contribution in [3.05, 3.63) is 34.9 Å². The largest absolute Gasteiger partial charge is 0.388 e. The van der Waals surface area contributed by atoms with Crippen molar-refractivity contribution in [3.63, 3.8) is 0 Å². The molecule has 2 unspecified atom stereocenters. The first-order chi connectivity index (χ1) is 9.43. The minimum atomic E-state index is -0.450. The second-order valence-electron chi connectivity index (χ2n) is 5.60. The van der Waals surface area contributed by atoms with E-state index >= 15 is 0 Å². The van der Waals surface area contributed by atoms with Crippen molar-refractivity contribution in [2.24, 2.45) is 0 Å². The van der Waals surface area contributed by atoms with Gasteiger partial charge in [0.15, 0.2) is 0 Å². The Bertz CT molecular complexity index is 398. The molecule has 0 fully saturated rings. The molecule has 0 spiro atoms. The topological polar surface area (TPSA) is 26.7 Å². The molecule has 3 nitrogen and oxygen atoms in total. The van der Waals surface area contributed by atoms with Gasteiger partial charge in [0.25, 0.3) is 0 Å². The zero-order valence-electron chi connectivity index (χ0n) is 13.0. The van der Waals surface area contributed by atoms with Gasteiger partial charge in [-0.05, 0) is 51.7 Å². The van der Waals surface area contributed by atoms with E-state index in [9.17, 15) is 5.11 Å². The second kappa shape index (κ2) is 8.63. The average Bonchev–Trinajstić information content (AvgIpc) is 2.38. The summed E-state index contributed by atoms with van der Waals surface area (Å²) in [5, 5.41) is 10.9. The highest BCUT2D eigenvalue weighted by atomic mass is 35.5. The SMILES string of the molecule is CCN(CCC(O)c1cccc(Cl)c1)C(C)CN(C)C.